The van der Waals surface area contributed by atoms with Gasteiger partial charge in [-0.05, 0) is 49.1 Å². The van der Waals surface area contributed by atoms with Crippen LogP contribution in [-0.4, -0.2) is 40.6 Å². The molecule has 0 spiro atoms. The number of anilines is 1. The number of amides is 3. The lowest BCUT2D eigenvalue weighted by Crippen LogP contribution is -2.42. The van der Waals surface area contributed by atoms with Gasteiger partial charge in [0.2, 0.25) is 0 Å². The Morgan fingerprint density at radius 2 is 1.51 bits per heavy atom. The number of imide groups is 1. The number of benzene rings is 4. The molecular weight excluding hydrogens is 470 g/mol. The Hall–Kier alpha value is -4.85. The molecular formula is C29H23N3O5. The topological polar surface area (TPSA) is 101 Å². The Labute approximate surface area is 212 Å². The molecule has 8 nitrogen and oxygen atoms in total. The van der Waals surface area contributed by atoms with E-state index in [2.05, 4.69) is 0 Å². The highest BCUT2D eigenvalue weighted by Crippen LogP contribution is 2.30. The Bertz CT molecular complexity index is 1510. The number of carbonyl (C=O) groups excluding carboxylic acids is 3. The van der Waals surface area contributed by atoms with Crippen LogP contribution >= 0.6 is 0 Å². The smallest absolute Gasteiger partial charge is 0.270 e. The zero-order valence-corrected chi connectivity index (χ0v) is 20.1. The number of aryl methyl sites for hydroxylation is 1. The van der Waals surface area contributed by atoms with Gasteiger partial charge in [0.1, 0.15) is 0 Å². The molecule has 0 N–H and O–H groups in total. The van der Waals surface area contributed by atoms with E-state index >= 15 is 0 Å². The van der Waals surface area contributed by atoms with Gasteiger partial charge >= 0.3 is 0 Å². The molecule has 184 valence electrons. The third kappa shape index (κ3) is 4.45. The van der Waals surface area contributed by atoms with E-state index < -0.39 is 10.8 Å². The molecule has 4 aromatic carbocycles. The van der Waals surface area contributed by atoms with Gasteiger partial charge in [-0.25, -0.2) is 0 Å². The predicted molar refractivity (Wildman–Crippen MR) is 140 cm³/mol. The third-order valence-corrected chi connectivity index (χ3v) is 6.51. The van der Waals surface area contributed by atoms with Crippen molar-refractivity contribution < 1.29 is 19.3 Å². The van der Waals surface area contributed by atoms with E-state index in [1.165, 1.54) is 34.1 Å². The maximum Gasteiger partial charge on any atom is 0.270 e. The molecule has 37 heavy (non-hydrogen) atoms. The number of hydrogen-bond acceptors (Lipinski definition) is 5. The maximum atomic E-state index is 13.5. The summed E-state index contributed by atoms with van der Waals surface area (Å²) < 4.78 is 0. The highest BCUT2D eigenvalue weighted by Gasteiger charge is 2.32. The number of carbonyl (C=O) groups is 3. The van der Waals surface area contributed by atoms with Gasteiger partial charge in [-0.2, -0.15) is 0 Å². The summed E-state index contributed by atoms with van der Waals surface area (Å²) in [5.74, 6) is -1.12. The highest BCUT2D eigenvalue weighted by atomic mass is 16.6. The summed E-state index contributed by atoms with van der Waals surface area (Å²) in [5.41, 5.74) is 2.61. The molecule has 1 aliphatic heterocycles. The first-order valence-corrected chi connectivity index (χ1v) is 11.9. The highest BCUT2D eigenvalue weighted by molar-refractivity contribution is 6.25. The second-order valence-corrected chi connectivity index (χ2v) is 8.92. The van der Waals surface area contributed by atoms with Crippen molar-refractivity contribution in [3.05, 3.63) is 117 Å². The minimum Gasteiger partial charge on any atom is -0.308 e. The Morgan fingerprint density at radius 3 is 2.14 bits per heavy atom. The van der Waals surface area contributed by atoms with Crippen molar-refractivity contribution in [1.82, 2.24) is 4.90 Å². The summed E-state index contributed by atoms with van der Waals surface area (Å²) in [7, 11) is 0. The molecule has 0 bridgehead atoms. The summed E-state index contributed by atoms with van der Waals surface area (Å²) in [6, 6.07) is 23.7. The molecule has 0 saturated heterocycles. The van der Waals surface area contributed by atoms with Gasteiger partial charge < -0.3 is 4.90 Å². The molecule has 0 aromatic heterocycles. The third-order valence-electron chi connectivity index (χ3n) is 6.51. The van der Waals surface area contributed by atoms with Crippen LogP contribution in [0.5, 0.6) is 0 Å². The monoisotopic (exact) mass is 493 g/mol. The van der Waals surface area contributed by atoms with Crippen LogP contribution in [0, 0.1) is 17.0 Å². The fraction of sp³-hybridized carbons (Fsp3) is 0.138. The molecule has 5 rings (SSSR count). The largest absolute Gasteiger partial charge is 0.308 e. The molecule has 0 atom stereocenters. The van der Waals surface area contributed by atoms with Crippen LogP contribution in [0.3, 0.4) is 0 Å². The SMILES string of the molecule is Cc1ccc(N(CCCN2C(=O)c3cccc4cccc(c34)C2=O)C(=O)c2cccc([N+](=O)[O-])c2)cc1. The lowest BCUT2D eigenvalue weighted by molar-refractivity contribution is -0.384. The quantitative estimate of drug-likeness (QED) is 0.195. The van der Waals surface area contributed by atoms with Crippen molar-refractivity contribution in [1.29, 1.82) is 0 Å². The second-order valence-electron chi connectivity index (χ2n) is 8.92. The minimum atomic E-state index is -0.543. The molecule has 0 radical (unpaired) electrons. The van der Waals surface area contributed by atoms with Crippen molar-refractivity contribution in [2.75, 3.05) is 18.0 Å². The summed E-state index contributed by atoms with van der Waals surface area (Å²) >= 11 is 0. The van der Waals surface area contributed by atoms with E-state index in [4.69, 9.17) is 0 Å². The number of non-ortho nitro benzene ring substituents is 1. The van der Waals surface area contributed by atoms with E-state index in [-0.39, 0.29) is 36.2 Å². The first-order valence-electron chi connectivity index (χ1n) is 11.9. The zero-order valence-electron chi connectivity index (χ0n) is 20.1. The molecule has 0 saturated carbocycles. The van der Waals surface area contributed by atoms with Gasteiger partial charge in [0, 0.05) is 53.0 Å². The number of rotatable bonds is 7. The second kappa shape index (κ2) is 9.66. The molecule has 0 unspecified atom stereocenters. The van der Waals surface area contributed by atoms with Crippen LogP contribution < -0.4 is 4.90 Å². The molecule has 8 heteroatoms. The molecule has 0 fully saturated rings. The number of nitro benzene ring substituents is 1. The van der Waals surface area contributed by atoms with Gasteiger partial charge in [0.25, 0.3) is 23.4 Å². The predicted octanol–water partition coefficient (Wildman–Crippen LogP) is 5.39. The Balaban J connectivity index is 1.39. The van der Waals surface area contributed by atoms with E-state index in [0.29, 0.717) is 28.6 Å². The number of hydrogen-bond donors (Lipinski definition) is 0. The zero-order chi connectivity index (χ0) is 26.1. The first-order chi connectivity index (χ1) is 17.8. The lowest BCUT2D eigenvalue weighted by atomic mass is 9.94. The van der Waals surface area contributed by atoms with Gasteiger partial charge in [0.15, 0.2) is 0 Å². The minimum absolute atomic E-state index is 0.118. The number of nitrogens with zero attached hydrogens (tertiary/aromatic N) is 3. The van der Waals surface area contributed by atoms with Crippen LogP contribution in [-0.2, 0) is 0 Å². The van der Waals surface area contributed by atoms with Crippen molar-refractivity contribution >= 4 is 39.9 Å². The molecule has 3 amide bonds. The van der Waals surface area contributed by atoms with E-state index in [1.807, 2.05) is 31.2 Å². The van der Waals surface area contributed by atoms with Crippen LogP contribution in [0.2, 0.25) is 0 Å². The average Bonchev–Trinajstić information content (AvgIpc) is 2.91. The van der Waals surface area contributed by atoms with E-state index in [1.54, 1.807) is 36.4 Å². The summed E-state index contributed by atoms with van der Waals surface area (Å²) in [6.07, 6.45) is 0.324. The number of nitro groups is 1. The van der Waals surface area contributed by atoms with Crippen molar-refractivity contribution in [3.8, 4) is 0 Å². The van der Waals surface area contributed by atoms with Crippen LogP contribution in [0.15, 0.2) is 84.9 Å². The van der Waals surface area contributed by atoms with Crippen LogP contribution in [0.4, 0.5) is 11.4 Å². The van der Waals surface area contributed by atoms with Crippen molar-refractivity contribution in [2.24, 2.45) is 0 Å². The lowest BCUT2D eigenvalue weighted by Gasteiger charge is -2.29. The van der Waals surface area contributed by atoms with E-state index in [9.17, 15) is 24.5 Å². The van der Waals surface area contributed by atoms with Crippen LogP contribution in [0.25, 0.3) is 10.8 Å². The standard InChI is InChI=1S/C29H23N3O5/c1-19-12-14-22(15-13-19)30(27(33)21-8-2-9-23(18-21)32(36)37)16-5-17-31-28(34)24-10-3-6-20-7-4-11-25(26(20)24)29(31)35/h2-4,6-15,18H,5,16-17H2,1H3. The van der Waals surface area contributed by atoms with Crippen molar-refractivity contribution in [2.45, 2.75) is 13.3 Å². The maximum absolute atomic E-state index is 13.5. The van der Waals surface area contributed by atoms with E-state index in [0.717, 1.165) is 10.9 Å². The molecule has 0 aliphatic carbocycles. The molecule has 1 heterocycles. The summed E-state index contributed by atoms with van der Waals surface area (Å²) in [6.45, 7) is 2.25. The molecule has 4 aromatic rings. The summed E-state index contributed by atoms with van der Waals surface area (Å²) in [5, 5.41) is 12.7. The molecule has 1 aliphatic rings. The summed E-state index contributed by atoms with van der Waals surface area (Å²) in [4.78, 5) is 53.3. The van der Waals surface area contributed by atoms with Gasteiger partial charge in [-0.1, -0.05) is 48.0 Å². The van der Waals surface area contributed by atoms with Gasteiger partial charge in [-0.15, -0.1) is 0 Å². The fourth-order valence-corrected chi connectivity index (χ4v) is 4.65. The van der Waals surface area contributed by atoms with Gasteiger partial charge in [0.05, 0.1) is 4.92 Å². The fourth-order valence-electron chi connectivity index (χ4n) is 4.65. The van der Waals surface area contributed by atoms with Crippen molar-refractivity contribution in [3.63, 3.8) is 0 Å². The Morgan fingerprint density at radius 1 is 0.892 bits per heavy atom. The average molecular weight is 494 g/mol. The van der Waals surface area contributed by atoms with Crippen LogP contribution in [0.1, 0.15) is 43.1 Å². The Kier molecular flexibility index (Phi) is 6.23. The first kappa shape index (κ1) is 23.9. The van der Waals surface area contributed by atoms with Gasteiger partial charge in [-0.3, -0.25) is 29.4 Å². The normalized spacial score (nSPS) is 12.6.